The van der Waals surface area contributed by atoms with Crippen molar-refractivity contribution in [3.63, 3.8) is 0 Å². The second kappa shape index (κ2) is 5.98. The van der Waals surface area contributed by atoms with Crippen molar-refractivity contribution < 1.29 is 13.4 Å². The summed E-state index contributed by atoms with van der Waals surface area (Å²) >= 11 is -1.58. The predicted octanol–water partition coefficient (Wildman–Crippen LogP) is 2.25. The molecule has 3 rings (SSSR count). The van der Waals surface area contributed by atoms with E-state index in [1.807, 2.05) is 32.9 Å². The largest absolute Gasteiger partial charge is 0.302 e. The van der Waals surface area contributed by atoms with Gasteiger partial charge in [-0.1, -0.05) is 22.0 Å². The van der Waals surface area contributed by atoms with Gasteiger partial charge in [-0.25, -0.2) is 13.6 Å². The zero-order valence-corrected chi connectivity index (χ0v) is 14.5. The summed E-state index contributed by atoms with van der Waals surface area (Å²) in [5.74, 6) is 0.331. The highest BCUT2D eigenvalue weighted by Gasteiger charge is 2.28. The highest BCUT2D eigenvalue weighted by atomic mass is 32.2. The summed E-state index contributed by atoms with van der Waals surface area (Å²) in [7, 11) is 0. The van der Waals surface area contributed by atoms with Crippen molar-refractivity contribution >= 4 is 11.1 Å². The molecule has 0 spiro atoms. The van der Waals surface area contributed by atoms with Gasteiger partial charge >= 0.3 is 0 Å². The van der Waals surface area contributed by atoms with E-state index in [2.05, 4.69) is 0 Å². The van der Waals surface area contributed by atoms with Crippen LogP contribution >= 0.6 is 0 Å². The molecular weight excluding hydrogens is 316 g/mol. The third kappa shape index (κ3) is 2.74. The fourth-order valence-electron chi connectivity index (χ4n) is 3.34. The van der Waals surface area contributed by atoms with E-state index < -0.39 is 11.1 Å². The van der Waals surface area contributed by atoms with E-state index in [0.29, 0.717) is 24.5 Å². The van der Waals surface area contributed by atoms with Crippen molar-refractivity contribution in [2.24, 2.45) is 0 Å². The molecule has 6 nitrogen and oxygen atoms in total. The maximum Gasteiger partial charge on any atom is 0.278 e. The van der Waals surface area contributed by atoms with Crippen molar-refractivity contribution in [3.8, 4) is 17.0 Å². The van der Waals surface area contributed by atoms with E-state index in [1.54, 1.807) is 9.36 Å². The molecule has 0 saturated carbocycles. The van der Waals surface area contributed by atoms with Gasteiger partial charge in [0.1, 0.15) is 5.56 Å². The highest BCUT2D eigenvalue weighted by Crippen LogP contribution is 2.35. The molecule has 2 heterocycles. The molecule has 0 bridgehead atoms. The predicted molar refractivity (Wildman–Crippen MR) is 88.7 cm³/mol. The Kier molecular flexibility index (Phi) is 4.16. The third-order valence-corrected chi connectivity index (χ3v) is 4.32. The minimum Gasteiger partial charge on any atom is -0.302 e. The van der Waals surface area contributed by atoms with Gasteiger partial charge in [0, 0.05) is 19.3 Å². The Morgan fingerprint density at radius 1 is 1.04 bits per heavy atom. The van der Waals surface area contributed by atoms with Gasteiger partial charge in [0.15, 0.2) is 11.1 Å². The molecule has 1 aliphatic rings. The third-order valence-electron chi connectivity index (χ3n) is 4.06. The van der Waals surface area contributed by atoms with Crippen LogP contribution in [0.5, 0.6) is 5.88 Å². The van der Waals surface area contributed by atoms with Crippen molar-refractivity contribution in [2.75, 3.05) is 6.26 Å². The van der Waals surface area contributed by atoms with E-state index in [-0.39, 0.29) is 5.56 Å². The fraction of sp³-hybridized carbons (Fsp3) is 0.438. The summed E-state index contributed by atoms with van der Waals surface area (Å²) in [6.45, 7) is 7.30. The maximum atomic E-state index is 12.8. The summed E-state index contributed by atoms with van der Waals surface area (Å²) in [5, 5.41) is 0. The van der Waals surface area contributed by atoms with Gasteiger partial charge < -0.3 is 4.89 Å². The molecule has 0 saturated heterocycles. The topological polar surface area (TPSA) is 62.5 Å². The lowest BCUT2D eigenvalue weighted by atomic mass is 9.95. The number of fused-ring (bicyclic) bond motifs is 1. The van der Waals surface area contributed by atoms with Crippen LogP contribution in [0.2, 0.25) is 0 Å². The number of aryl methyl sites for hydroxylation is 3. The van der Waals surface area contributed by atoms with Crippen LogP contribution in [-0.4, -0.2) is 19.8 Å². The van der Waals surface area contributed by atoms with Crippen molar-refractivity contribution in [3.05, 3.63) is 39.2 Å². The van der Waals surface area contributed by atoms with Crippen LogP contribution in [0, 0.1) is 20.8 Å². The molecule has 1 unspecified atom stereocenters. The minimum absolute atomic E-state index is 0.0990. The Labute approximate surface area is 137 Å². The molecule has 0 amide bonds. The molecular formula is C16H20N2O4S. The lowest BCUT2D eigenvalue weighted by Gasteiger charge is -2.11. The van der Waals surface area contributed by atoms with Gasteiger partial charge in [-0.15, -0.1) is 0 Å². The van der Waals surface area contributed by atoms with Crippen molar-refractivity contribution in [2.45, 2.75) is 40.3 Å². The molecule has 1 aliphatic heterocycles. The van der Waals surface area contributed by atoms with Crippen molar-refractivity contribution in [1.82, 2.24) is 9.36 Å². The average molecular weight is 336 g/mol. The summed E-state index contributed by atoms with van der Waals surface area (Å²) < 4.78 is 19.5. The Balaban J connectivity index is 2.24. The van der Waals surface area contributed by atoms with Crippen LogP contribution in [0.4, 0.5) is 0 Å². The molecule has 1 aromatic carbocycles. The molecule has 2 aromatic rings. The Hall–Kier alpha value is -1.86. The first-order chi connectivity index (χ1) is 10.9. The summed E-state index contributed by atoms with van der Waals surface area (Å²) in [6.07, 6.45) is 2.24. The van der Waals surface area contributed by atoms with Gasteiger partial charge in [0.25, 0.3) is 11.4 Å². The van der Waals surface area contributed by atoms with E-state index in [1.165, 1.54) is 6.26 Å². The van der Waals surface area contributed by atoms with Gasteiger partial charge in [-0.2, -0.15) is 0 Å². The molecule has 124 valence electrons. The van der Waals surface area contributed by atoms with Crippen LogP contribution in [-0.2, 0) is 28.5 Å². The van der Waals surface area contributed by atoms with Gasteiger partial charge in [0.05, 0.1) is 0 Å². The molecule has 1 aromatic heterocycles. The van der Waals surface area contributed by atoms with Crippen LogP contribution in [0.3, 0.4) is 0 Å². The standard InChI is InChI=1S/C16H20N2O4S/c1-10-8-11(2)13(12(3)9-10)14-15(19)17-6-5-7-18(17)16(14)21-22-23(4)20/h8-9H,5-7H2,1-4H3. The zero-order valence-electron chi connectivity index (χ0n) is 13.7. The molecule has 0 radical (unpaired) electrons. The van der Waals surface area contributed by atoms with Crippen LogP contribution in [0.25, 0.3) is 11.1 Å². The zero-order chi connectivity index (χ0) is 16.7. The quantitative estimate of drug-likeness (QED) is 0.635. The minimum atomic E-state index is -1.58. The lowest BCUT2D eigenvalue weighted by molar-refractivity contribution is -0.0930. The van der Waals surface area contributed by atoms with E-state index in [9.17, 15) is 9.00 Å². The second-order valence-corrected chi connectivity index (χ2v) is 6.85. The SMILES string of the molecule is Cc1cc(C)c(-c2c(OOS(C)=O)n3n(c2=O)CCC3)c(C)c1. The normalized spacial score (nSPS) is 14.8. The number of hydrogen-bond acceptors (Lipinski definition) is 4. The first-order valence-corrected chi connectivity index (χ1v) is 8.98. The second-order valence-electron chi connectivity index (χ2n) is 5.91. The summed E-state index contributed by atoms with van der Waals surface area (Å²) in [4.78, 5) is 18.1. The van der Waals surface area contributed by atoms with Gasteiger partial charge in [-0.05, 0) is 43.9 Å². The average Bonchev–Trinajstić information content (AvgIpc) is 3.00. The lowest BCUT2D eigenvalue weighted by Crippen LogP contribution is -2.17. The first kappa shape index (κ1) is 16.0. The Morgan fingerprint density at radius 2 is 1.65 bits per heavy atom. The van der Waals surface area contributed by atoms with Crippen LogP contribution in [0.15, 0.2) is 16.9 Å². The summed E-state index contributed by atoms with van der Waals surface area (Å²) in [6, 6.07) is 4.08. The van der Waals surface area contributed by atoms with Crippen LogP contribution < -0.4 is 10.4 Å². The Morgan fingerprint density at radius 3 is 2.26 bits per heavy atom. The number of rotatable bonds is 4. The monoisotopic (exact) mass is 336 g/mol. The first-order valence-electron chi connectivity index (χ1n) is 7.50. The molecule has 1 atom stereocenters. The maximum absolute atomic E-state index is 12.8. The number of hydrogen-bond donors (Lipinski definition) is 0. The van der Waals surface area contributed by atoms with E-state index in [0.717, 1.165) is 28.7 Å². The number of nitrogens with zero attached hydrogens (tertiary/aromatic N) is 2. The molecule has 23 heavy (non-hydrogen) atoms. The van der Waals surface area contributed by atoms with Gasteiger partial charge in [-0.3, -0.25) is 4.79 Å². The molecule has 0 fully saturated rings. The molecule has 0 N–H and O–H groups in total. The highest BCUT2D eigenvalue weighted by molar-refractivity contribution is 7.79. The summed E-state index contributed by atoms with van der Waals surface area (Å²) in [5.41, 5.74) is 4.39. The van der Waals surface area contributed by atoms with Gasteiger partial charge in [0.2, 0.25) is 0 Å². The Bertz CT molecular complexity index is 827. The number of benzene rings is 1. The smallest absolute Gasteiger partial charge is 0.278 e. The van der Waals surface area contributed by atoms with E-state index >= 15 is 0 Å². The van der Waals surface area contributed by atoms with E-state index in [4.69, 9.17) is 9.22 Å². The molecule has 7 heteroatoms. The fourth-order valence-corrected chi connectivity index (χ4v) is 3.50. The van der Waals surface area contributed by atoms with Crippen molar-refractivity contribution in [1.29, 1.82) is 0 Å². The number of aromatic nitrogens is 2. The van der Waals surface area contributed by atoms with Crippen LogP contribution in [0.1, 0.15) is 23.1 Å². The molecule has 0 aliphatic carbocycles.